The molecule has 2 aromatic rings. The molecule has 1 aromatic heterocycles. The van der Waals surface area contributed by atoms with Crippen LogP contribution < -0.4 is 0 Å². The van der Waals surface area contributed by atoms with E-state index in [4.69, 9.17) is 5.11 Å². The number of hydrogen-bond donors (Lipinski definition) is 1. The van der Waals surface area contributed by atoms with Gasteiger partial charge in [0.2, 0.25) is 0 Å². The molecule has 1 N–H and O–H groups in total. The summed E-state index contributed by atoms with van der Waals surface area (Å²) in [7, 11) is 2.01. The highest BCUT2D eigenvalue weighted by Gasteiger charge is 2.44. The van der Waals surface area contributed by atoms with Gasteiger partial charge in [-0.2, -0.15) is 0 Å². The third-order valence-corrected chi connectivity index (χ3v) is 3.47. The van der Waals surface area contributed by atoms with Gasteiger partial charge in [0.25, 0.3) is 0 Å². The number of hydrogen-bond acceptors (Lipinski definition) is 1. The van der Waals surface area contributed by atoms with Crippen LogP contribution in [0.1, 0.15) is 17.9 Å². The summed E-state index contributed by atoms with van der Waals surface area (Å²) in [4.78, 5) is 10.9. The second-order valence-corrected chi connectivity index (χ2v) is 4.49. The van der Waals surface area contributed by atoms with E-state index in [-0.39, 0.29) is 11.8 Å². The van der Waals surface area contributed by atoms with Crippen LogP contribution in [0.5, 0.6) is 0 Å². The second kappa shape index (κ2) is 3.11. The van der Waals surface area contributed by atoms with Gasteiger partial charge < -0.3 is 9.67 Å². The molecule has 1 aliphatic rings. The molecule has 0 aliphatic heterocycles. The molecule has 2 atom stereocenters. The Morgan fingerprint density at radius 2 is 2.25 bits per heavy atom. The first-order valence-corrected chi connectivity index (χ1v) is 5.45. The van der Waals surface area contributed by atoms with E-state index in [1.54, 1.807) is 0 Å². The van der Waals surface area contributed by atoms with E-state index in [9.17, 15) is 4.79 Å². The molecule has 2 unspecified atom stereocenters. The smallest absolute Gasteiger partial charge is 0.307 e. The lowest BCUT2D eigenvalue weighted by molar-refractivity contribution is -0.138. The highest BCUT2D eigenvalue weighted by molar-refractivity contribution is 5.86. The lowest BCUT2D eigenvalue weighted by Crippen LogP contribution is -1.99. The first kappa shape index (κ1) is 9.46. The molecule has 1 fully saturated rings. The number of carboxylic acids is 1. The average molecular weight is 215 g/mol. The van der Waals surface area contributed by atoms with E-state index in [1.807, 2.05) is 19.3 Å². The zero-order chi connectivity index (χ0) is 11.3. The van der Waals surface area contributed by atoms with Gasteiger partial charge in [0.15, 0.2) is 0 Å². The second-order valence-electron chi connectivity index (χ2n) is 4.49. The first-order valence-electron chi connectivity index (χ1n) is 5.45. The predicted molar refractivity (Wildman–Crippen MR) is 61.4 cm³/mol. The quantitative estimate of drug-likeness (QED) is 0.835. The molecule has 3 nitrogen and oxygen atoms in total. The Morgan fingerprint density at radius 3 is 2.94 bits per heavy atom. The molecule has 16 heavy (non-hydrogen) atoms. The molecular weight excluding hydrogens is 202 g/mol. The average Bonchev–Trinajstić information content (AvgIpc) is 2.98. The summed E-state index contributed by atoms with van der Waals surface area (Å²) in [5.41, 5.74) is 2.36. The first-order chi connectivity index (χ1) is 7.68. The molecule has 1 aromatic carbocycles. The predicted octanol–water partition coefficient (Wildman–Crippen LogP) is 2.37. The van der Waals surface area contributed by atoms with Gasteiger partial charge in [0.1, 0.15) is 0 Å². The largest absolute Gasteiger partial charge is 0.481 e. The summed E-state index contributed by atoms with van der Waals surface area (Å²) in [5, 5.41) is 10.2. The van der Waals surface area contributed by atoms with Crippen molar-refractivity contribution >= 4 is 16.9 Å². The maximum Gasteiger partial charge on any atom is 0.307 e. The summed E-state index contributed by atoms with van der Waals surface area (Å²) >= 11 is 0. The van der Waals surface area contributed by atoms with Crippen molar-refractivity contribution in [3.63, 3.8) is 0 Å². The SMILES string of the molecule is Cn1ccc2c(C3CC3C(=O)O)cccc21. The summed E-state index contributed by atoms with van der Waals surface area (Å²) in [6, 6.07) is 8.20. The molecule has 0 bridgehead atoms. The van der Waals surface area contributed by atoms with Gasteiger partial charge in [-0.3, -0.25) is 4.79 Å². The lowest BCUT2D eigenvalue weighted by Gasteiger charge is -2.02. The molecule has 82 valence electrons. The van der Waals surface area contributed by atoms with Crippen LogP contribution >= 0.6 is 0 Å². The number of aryl methyl sites for hydroxylation is 1. The summed E-state index contributed by atoms with van der Waals surface area (Å²) in [6.07, 6.45) is 2.80. The van der Waals surface area contributed by atoms with Crippen molar-refractivity contribution in [2.45, 2.75) is 12.3 Å². The summed E-state index contributed by atoms with van der Waals surface area (Å²) in [5.74, 6) is -0.632. The summed E-state index contributed by atoms with van der Waals surface area (Å²) in [6.45, 7) is 0. The van der Waals surface area contributed by atoms with Crippen LogP contribution in [0, 0.1) is 5.92 Å². The topological polar surface area (TPSA) is 42.2 Å². The Labute approximate surface area is 93.3 Å². The van der Waals surface area contributed by atoms with Crippen LogP contribution in [-0.4, -0.2) is 15.6 Å². The molecule has 3 heteroatoms. The zero-order valence-electron chi connectivity index (χ0n) is 9.05. The maximum atomic E-state index is 10.9. The molecule has 0 spiro atoms. The van der Waals surface area contributed by atoms with Gasteiger partial charge in [-0.15, -0.1) is 0 Å². The van der Waals surface area contributed by atoms with Crippen molar-refractivity contribution in [2.24, 2.45) is 13.0 Å². The number of benzene rings is 1. The number of rotatable bonds is 2. The van der Waals surface area contributed by atoms with E-state index >= 15 is 0 Å². The number of carboxylic acid groups (broad SMARTS) is 1. The van der Waals surface area contributed by atoms with Crippen molar-refractivity contribution in [1.29, 1.82) is 0 Å². The van der Waals surface area contributed by atoms with Crippen LogP contribution in [0.3, 0.4) is 0 Å². The minimum absolute atomic E-state index is 0.175. The fraction of sp³-hybridized carbons (Fsp3) is 0.308. The highest BCUT2D eigenvalue weighted by Crippen LogP contribution is 2.49. The van der Waals surface area contributed by atoms with E-state index in [0.29, 0.717) is 0 Å². The van der Waals surface area contributed by atoms with E-state index in [2.05, 4.69) is 22.8 Å². The van der Waals surface area contributed by atoms with Crippen LogP contribution in [-0.2, 0) is 11.8 Å². The molecule has 3 rings (SSSR count). The monoisotopic (exact) mass is 215 g/mol. The van der Waals surface area contributed by atoms with Crippen LogP contribution in [0.4, 0.5) is 0 Å². The van der Waals surface area contributed by atoms with E-state index < -0.39 is 5.97 Å². The number of aliphatic carboxylic acids is 1. The minimum Gasteiger partial charge on any atom is -0.481 e. The number of fused-ring (bicyclic) bond motifs is 1. The highest BCUT2D eigenvalue weighted by atomic mass is 16.4. The third kappa shape index (κ3) is 1.24. The Hall–Kier alpha value is -1.77. The van der Waals surface area contributed by atoms with Gasteiger partial charge >= 0.3 is 5.97 Å². The van der Waals surface area contributed by atoms with Crippen molar-refractivity contribution in [3.8, 4) is 0 Å². The molecule has 1 heterocycles. The van der Waals surface area contributed by atoms with Crippen molar-refractivity contribution < 1.29 is 9.90 Å². The summed E-state index contributed by atoms with van der Waals surface area (Å²) < 4.78 is 2.07. The fourth-order valence-corrected chi connectivity index (χ4v) is 2.46. The van der Waals surface area contributed by atoms with Gasteiger partial charge in [-0.1, -0.05) is 12.1 Å². The lowest BCUT2D eigenvalue weighted by atomic mass is 10.0. The maximum absolute atomic E-state index is 10.9. The fourth-order valence-electron chi connectivity index (χ4n) is 2.46. The van der Waals surface area contributed by atoms with E-state index in [0.717, 1.165) is 6.42 Å². The van der Waals surface area contributed by atoms with Gasteiger partial charge in [-0.25, -0.2) is 0 Å². The van der Waals surface area contributed by atoms with Crippen LogP contribution in [0.25, 0.3) is 10.9 Å². The van der Waals surface area contributed by atoms with Gasteiger partial charge in [0.05, 0.1) is 5.92 Å². The van der Waals surface area contributed by atoms with Gasteiger partial charge in [0, 0.05) is 24.1 Å². The Morgan fingerprint density at radius 1 is 1.44 bits per heavy atom. The molecule has 1 saturated carbocycles. The van der Waals surface area contributed by atoms with Crippen molar-refractivity contribution in [2.75, 3.05) is 0 Å². The zero-order valence-corrected chi connectivity index (χ0v) is 9.05. The van der Waals surface area contributed by atoms with E-state index in [1.165, 1.54) is 16.5 Å². The van der Waals surface area contributed by atoms with Gasteiger partial charge in [-0.05, 0) is 30.0 Å². The Balaban J connectivity index is 2.08. The molecule has 0 amide bonds. The van der Waals surface area contributed by atoms with Crippen LogP contribution in [0.15, 0.2) is 30.5 Å². The van der Waals surface area contributed by atoms with Crippen molar-refractivity contribution in [3.05, 3.63) is 36.0 Å². The Kier molecular flexibility index (Phi) is 1.84. The number of carbonyl (C=O) groups is 1. The molecular formula is C13H13NO2. The van der Waals surface area contributed by atoms with Crippen molar-refractivity contribution in [1.82, 2.24) is 4.57 Å². The Bertz CT molecular complexity index is 570. The number of aromatic nitrogens is 1. The standard InChI is InChI=1S/C13H13NO2/c1-14-6-5-9-8(3-2-4-12(9)14)10-7-11(10)13(15)16/h2-6,10-11H,7H2,1H3,(H,15,16). The minimum atomic E-state index is -0.669. The normalized spacial score (nSPS) is 23.6. The number of nitrogens with zero attached hydrogens (tertiary/aromatic N) is 1. The molecule has 0 saturated heterocycles. The third-order valence-electron chi connectivity index (χ3n) is 3.47. The molecule has 1 aliphatic carbocycles. The molecule has 0 radical (unpaired) electrons. The van der Waals surface area contributed by atoms with Crippen LogP contribution in [0.2, 0.25) is 0 Å².